The van der Waals surface area contributed by atoms with Gasteiger partial charge in [-0.05, 0) is 25.1 Å². The van der Waals surface area contributed by atoms with Crippen LogP contribution >= 0.6 is 11.8 Å². The van der Waals surface area contributed by atoms with Crippen molar-refractivity contribution in [3.63, 3.8) is 0 Å². The summed E-state index contributed by atoms with van der Waals surface area (Å²) in [6.45, 7) is 6.35. The Morgan fingerprint density at radius 3 is 3.00 bits per heavy atom. The topological polar surface area (TPSA) is 25.2 Å². The molecule has 74 valence electrons. The lowest BCUT2D eigenvalue weighted by atomic mass is 10.3. The minimum absolute atomic E-state index is 0.990. The molecule has 0 amide bonds. The van der Waals surface area contributed by atoms with E-state index in [0.29, 0.717) is 0 Å². The van der Waals surface area contributed by atoms with E-state index in [4.69, 9.17) is 4.42 Å². The number of aryl methyl sites for hydroxylation is 1. The molecule has 0 atom stereocenters. The van der Waals surface area contributed by atoms with Gasteiger partial charge in [0.05, 0.1) is 12.0 Å². The van der Waals surface area contributed by atoms with Crippen LogP contribution in [0.5, 0.6) is 0 Å². The molecule has 0 aromatic carbocycles. The quantitative estimate of drug-likeness (QED) is 0.712. The normalized spacial score (nSPS) is 10.6. The van der Waals surface area contributed by atoms with Gasteiger partial charge in [-0.15, -0.1) is 0 Å². The van der Waals surface area contributed by atoms with Crippen LogP contribution in [-0.4, -0.2) is 18.8 Å². The van der Waals surface area contributed by atoms with Gasteiger partial charge in [-0.1, -0.05) is 6.92 Å². The molecule has 0 bridgehead atoms. The van der Waals surface area contributed by atoms with Crippen molar-refractivity contribution >= 4 is 11.8 Å². The first-order valence-electron chi connectivity index (χ1n) is 4.66. The molecule has 1 rings (SSSR count). The van der Waals surface area contributed by atoms with Crippen molar-refractivity contribution in [2.75, 3.05) is 18.8 Å². The molecule has 0 unspecified atom stereocenters. The Kier molecular flexibility index (Phi) is 5.01. The van der Waals surface area contributed by atoms with Crippen LogP contribution in [-0.2, 0) is 5.75 Å². The maximum absolute atomic E-state index is 5.33. The summed E-state index contributed by atoms with van der Waals surface area (Å²) >= 11 is 1.91. The van der Waals surface area contributed by atoms with Crippen molar-refractivity contribution in [2.45, 2.75) is 19.6 Å². The van der Waals surface area contributed by atoms with Gasteiger partial charge in [0.2, 0.25) is 0 Å². The highest BCUT2D eigenvalue weighted by atomic mass is 32.2. The molecule has 0 spiro atoms. The third-order valence-electron chi connectivity index (χ3n) is 1.87. The highest BCUT2D eigenvalue weighted by Gasteiger charge is 2.00. The third-order valence-corrected chi connectivity index (χ3v) is 2.83. The zero-order chi connectivity index (χ0) is 9.52. The Morgan fingerprint density at radius 1 is 1.54 bits per heavy atom. The van der Waals surface area contributed by atoms with Crippen LogP contribution in [0.15, 0.2) is 16.7 Å². The van der Waals surface area contributed by atoms with E-state index in [1.807, 2.05) is 17.8 Å². The van der Waals surface area contributed by atoms with Crippen molar-refractivity contribution in [1.29, 1.82) is 0 Å². The zero-order valence-electron chi connectivity index (χ0n) is 8.30. The summed E-state index contributed by atoms with van der Waals surface area (Å²) in [5.74, 6) is 3.25. The van der Waals surface area contributed by atoms with Gasteiger partial charge >= 0.3 is 0 Å². The van der Waals surface area contributed by atoms with Crippen LogP contribution in [0.3, 0.4) is 0 Å². The van der Waals surface area contributed by atoms with Gasteiger partial charge in [0.25, 0.3) is 0 Å². The molecule has 1 heterocycles. The summed E-state index contributed by atoms with van der Waals surface area (Å²) in [7, 11) is 0. The predicted octanol–water partition coefficient (Wildman–Crippen LogP) is 2.43. The maximum atomic E-state index is 5.33. The number of hydrogen-bond donors (Lipinski definition) is 1. The van der Waals surface area contributed by atoms with Gasteiger partial charge in [-0.25, -0.2) is 0 Å². The second kappa shape index (κ2) is 6.11. The van der Waals surface area contributed by atoms with Gasteiger partial charge < -0.3 is 9.73 Å². The fraction of sp³-hybridized carbons (Fsp3) is 0.600. The number of rotatable bonds is 6. The Morgan fingerprint density at radius 2 is 2.38 bits per heavy atom. The first-order valence-corrected chi connectivity index (χ1v) is 5.81. The van der Waals surface area contributed by atoms with E-state index in [9.17, 15) is 0 Å². The van der Waals surface area contributed by atoms with Gasteiger partial charge in [0, 0.05) is 12.3 Å². The molecule has 2 nitrogen and oxygen atoms in total. The van der Waals surface area contributed by atoms with Gasteiger partial charge in [0.1, 0.15) is 5.76 Å². The van der Waals surface area contributed by atoms with Crippen LogP contribution in [0.1, 0.15) is 18.2 Å². The average Bonchev–Trinajstić information content (AvgIpc) is 2.52. The number of thioether (sulfide) groups is 1. The summed E-state index contributed by atoms with van der Waals surface area (Å²) in [6.07, 6.45) is 1.76. The molecule has 3 heteroatoms. The Hall–Kier alpha value is -0.410. The van der Waals surface area contributed by atoms with Crippen LogP contribution in [0.25, 0.3) is 0 Å². The minimum Gasteiger partial charge on any atom is -0.468 e. The van der Waals surface area contributed by atoms with Gasteiger partial charge in [-0.2, -0.15) is 11.8 Å². The van der Waals surface area contributed by atoms with Crippen LogP contribution in [0.4, 0.5) is 0 Å². The average molecular weight is 199 g/mol. The van der Waals surface area contributed by atoms with E-state index >= 15 is 0 Å². The molecule has 1 aromatic rings. The second-order valence-electron chi connectivity index (χ2n) is 2.93. The summed E-state index contributed by atoms with van der Waals surface area (Å²) in [5, 5.41) is 3.29. The molecule has 1 aromatic heterocycles. The first kappa shape index (κ1) is 10.7. The fourth-order valence-electron chi connectivity index (χ4n) is 1.04. The van der Waals surface area contributed by atoms with E-state index in [1.165, 1.54) is 5.56 Å². The zero-order valence-corrected chi connectivity index (χ0v) is 9.12. The maximum Gasteiger partial charge on any atom is 0.116 e. The molecule has 0 fully saturated rings. The van der Waals surface area contributed by atoms with Crippen LogP contribution in [0.2, 0.25) is 0 Å². The SMILES string of the molecule is CCNCCSCc1occc1C. The van der Waals surface area contributed by atoms with Crippen molar-refractivity contribution in [1.82, 2.24) is 5.32 Å². The Bertz CT molecular complexity index is 235. The van der Waals surface area contributed by atoms with Gasteiger partial charge in [0.15, 0.2) is 0 Å². The highest BCUT2D eigenvalue weighted by molar-refractivity contribution is 7.98. The minimum atomic E-state index is 0.990. The highest BCUT2D eigenvalue weighted by Crippen LogP contribution is 2.16. The molecule has 0 saturated heterocycles. The van der Waals surface area contributed by atoms with Gasteiger partial charge in [-0.3, -0.25) is 0 Å². The van der Waals surface area contributed by atoms with E-state index in [1.54, 1.807) is 6.26 Å². The van der Waals surface area contributed by atoms with Crippen molar-refractivity contribution in [3.8, 4) is 0 Å². The predicted molar refractivity (Wildman–Crippen MR) is 58.2 cm³/mol. The fourth-order valence-corrected chi connectivity index (χ4v) is 1.95. The van der Waals surface area contributed by atoms with Crippen molar-refractivity contribution < 1.29 is 4.42 Å². The monoisotopic (exact) mass is 199 g/mol. The summed E-state index contributed by atoms with van der Waals surface area (Å²) in [6, 6.07) is 2.01. The smallest absolute Gasteiger partial charge is 0.116 e. The third kappa shape index (κ3) is 3.87. The largest absolute Gasteiger partial charge is 0.468 e. The Labute approximate surface area is 84.1 Å². The molecule has 0 aliphatic heterocycles. The van der Waals surface area contributed by atoms with Crippen LogP contribution < -0.4 is 5.32 Å². The summed E-state index contributed by atoms with van der Waals surface area (Å²) < 4.78 is 5.33. The molecule has 0 aliphatic rings. The molecule has 0 aliphatic carbocycles. The summed E-state index contributed by atoms with van der Waals surface area (Å²) in [5.41, 5.74) is 1.26. The number of hydrogen-bond acceptors (Lipinski definition) is 3. The van der Waals surface area contributed by atoms with Crippen LogP contribution in [0, 0.1) is 6.92 Å². The lowest BCUT2D eigenvalue weighted by Crippen LogP contribution is -2.15. The van der Waals surface area contributed by atoms with E-state index < -0.39 is 0 Å². The lowest BCUT2D eigenvalue weighted by Gasteiger charge is -2.00. The molecular weight excluding hydrogens is 182 g/mol. The van der Waals surface area contributed by atoms with E-state index in [0.717, 1.165) is 30.4 Å². The molecule has 1 N–H and O–H groups in total. The number of nitrogens with one attached hydrogen (secondary N) is 1. The van der Waals surface area contributed by atoms with Crippen molar-refractivity contribution in [2.24, 2.45) is 0 Å². The molecule has 0 saturated carbocycles. The number of furan rings is 1. The molecular formula is C10H17NOS. The molecule has 0 radical (unpaired) electrons. The first-order chi connectivity index (χ1) is 6.34. The Balaban J connectivity index is 2.10. The molecule has 13 heavy (non-hydrogen) atoms. The lowest BCUT2D eigenvalue weighted by molar-refractivity contribution is 0.528. The van der Waals surface area contributed by atoms with Crippen molar-refractivity contribution in [3.05, 3.63) is 23.7 Å². The summed E-state index contributed by atoms with van der Waals surface area (Å²) in [4.78, 5) is 0. The second-order valence-corrected chi connectivity index (χ2v) is 4.04. The van der Waals surface area contributed by atoms with E-state index in [-0.39, 0.29) is 0 Å². The standard InChI is InChI=1S/C10H17NOS/c1-3-11-5-7-13-8-10-9(2)4-6-12-10/h4,6,11H,3,5,7-8H2,1-2H3. The van der Waals surface area contributed by atoms with E-state index in [2.05, 4.69) is 19.2 Å².